The summed E-state index contributed by atoms with van der Waals surface area (Å²) >= 11 is 0. The topological polar surface area (TPSA) is 53.1 Å². The van der Waals surface area contributed by atoms with Gasteiger partial charge in [0.15, 0.2) is 0 Å². The van der Waals surface area contributed by atoms with E-state index >= 15 is 0 Å². The van der Waals surface area contributed by atoms with Gasteiger partial charge in [0, 0.05) is 44.4 Å². The monoisotopic (exact) mass is 223 g/mol. The minimum absolute atomic E-state index is 0.159. The van der Waals surface area contributed by atoms with E-state index in [1.54, 1.807) is 0 Å². The Morgan fingerprint density at radius 1 is 1.69 bits per heavy atom. The Balaban J connectivity index is 2.00. The third kappa shape index (κ3) is 1.99. The summed E-state index contributed by atoms with van der Waals surface area (Å²) in [4.78, 5) is 4.35. The van der Waals surface area contributed by atoms with Crippen LogP contribution in [0.3, 0.4) is 0 Å². The highest BCUT2D eigenvalue weighted by Gasteiger charge is 2.39. The van der Waals surface area contributed by atoms with E-state index in [4.69, 9.17) is 10.5 Å². The van der Waals surface area contributed by atoms with Crippen molar-refractivity contribution in [3.05, 3.63) is 18.2 Å². The summed E-state index contributed by atoms with van der Waals surface area (Å²) < 4.78 is 7.73. The van der Waals surface area contributed by atoms with Crippen molar-refractivity contribution in [3.63, 3.8) is 0 Å². The summed E-state index contributed by atoms with van der Waals surface area (Å²) in [6, 6.07) is 0. The van der Waals surface area contributed by atoms with Crippen LogP contribution in [0.4, 0.5) is 0 Å². The first kappa shape index (κ1) is 11.6. The molecule has 1 saturated heterocycles. The van der Waals surface area contributed by atoms with Crippen molar-refractivity contribution in [1.82, 2.24) is 9.55 Å². The molecule has 2 N–H and O–H groups in total. The average Bonchev–Trinajstić information content (AvgIpc) is 2.84. The lowest BCUT2D eigenvalue weighted by Gasteiger charge is -2.30. The standard InChI is InChI=1S/C12H21N3O/c1-10-12(9-13,5-8-16-10)4-3-11-14-6-7-15(11)2/h6-7,10H,3-5,8-9,13H2,1-2H3. The van der Waals surface area contributed by atoms with E-state index in [-0.39, 0.29) is 11.5 Å². The summed E-state index contributed by atoms with van der Waals surface area (Å²) in [5.41, 5.74) is 6.09. The molecule has 90 valence electrons. The zero-order valence-corrected chi connectivity index (χ0v) is 10.1. The highest BCUT2D eigenvalue weighted by Crippen LogP contribution is 2.37. The Morgan fingerprint density at radius 2 is 2.50 bits per heavy atom. The Kier molecular flexibility index (Phi) is 3.30. The van der Waals surface area contributed by atoms with Gasteiger partial charge in [-0.3, -0.25) is 0 Å². The molecule has 2 unspecified atom stereocenters. The fourth-order valence-electron chi connectivity index (χ4n) is 2.52. The molecule has 4 nitrogen and oxygen atoms in total. The van der Waals surface area contributed by atoms with E-state index in [1.807, 2.05) is 19.4 Å². The summed E-state index contributed by atoms with van der Waals surface area (Å²) in [7, 11) is 2.03. The average molecular weight is 223 g/mol. The number of aryl methyl sites for hydroxylation is 2. The first-order valence-electron chi connectivity index (χ1n) is 5.96. The van der Waals surface area contributed by atoms with Crippen LogP contribution in [0.2, 0.25) is 0 Å². The van der Waals surface area contributed by atoms with Crippen LogP contribution in [0.1, 0.15) is 25.6 Å². The number of nitrogens with two attached hydrogens (primary N) is 1. The van der Waals surface area contributed by atoms with Gasteiger partial charge in [-0.2, -0.15) is 0 Å². The second-order valence-corrected chi connectivity index (χ2v) is 4.78. The molecule has 0 radical (unpaired) electrons. The highest BCUT2D eigenvalue weighted by molar-refractivity contribution is 4.97. The molecule has 0 bridgehead atoms. The zero-order valence-electron chi connectivity index (χ0n) is 10.1. The largest absolute Gasteiger partial charge is 0.378 e. The van der Waals surface area contributed by atoms with Crippen LogP contribution in [0.15, 0.2) is 12.4 Å². The van der Waals surface area contributed by atoms with Crippen LogP contribution < -0.4 is 5.73 Å². The Morgan fingerprint density at radius 3 is 3.00 bits per heavy atom. The third-order valence-electron chi connectivity index (χ3n) is 4.00. The van der Waals surface area contributed by atoms with Gasteiger partial charge >= 0.3 is 0 Å². The third-order valence-corrected chi connectivity index (χ3v) is 4.00. The van der Waals surface area contributed by atoms with E-state index < -0.39 is 0 Å². The van der Waals surface area contributed by atoms with Gasteiger partial charge < -0.3 is 15.0 Å². The van der Waals surface area contributed by atoms with Crippen LogP contribution in [0, 0.1) is 5.41 Å². The van der Waals surface area contributed by atoms with Crippen LogP contribution >= 0.6 is 0 Å². The van der Waals surface area contributed by atoms with Crippen molar-refractivity contribution in [3.8, 4) is 0 Å². The van der Waals surface area contributed by atoms with E-state index in [0.717, 1.165) is 31.7 Å². The molecule has 1 aromatic heterocycles. The number of aromatic nitrogens is 2. The van der Waals surface area contributed by atoms with Gasteiger partial charge in [0.05, 0.1) is 6.10 Å². The molecule has 1 fully saturated rings. The summed E-state index contributed by atoms with van der Waals surface area (Å²) in [6.07, 6.45) is 7.23. The number of imidazole rings is 1. The van der Waals surface area contributed by atoms with Gasteiger partial charge in [0.25, 0.3) is 0 Å². The summed E-state index contributed by atoms with van der Waals surface area (Å²) in [5, 5.41) is 0. The molecule has 1 aliphatic rings. The van der Waals surface area contributed by atoms with Crippen LogP contribution in [-0.4, -0.2) is 28.8 Å². The molecule has 0 saturated carbocycles. The van der Waals surface area contributed by atoms with Crippen molar-refractivity contribution in [2.24, 2.45) is 18.2 Å². The molecule has 2 heterocycles. The second kappa shape index (κ2) is 4.55. The van der Waals surface area contributed by atoms with Crippen LogP contribution in [0.25, 0.3) is 0 Å². The maximum Gasteiger partial charge on any atom is 0.108 e. The number of ether oxygens (including phenoxy) is 1. The van der Waals surface area contributed by atoms with Crippen molar-refractivity contribution >= 4 is 0 Å². The maximum atomic E-state index is 5.93. The van der Waals surface area contributed by atoms with Gasteiger partial charge in [-0.15, -0.1) is 0 Å². The minimum atomic E-state index is 0.159. The zero-order chi connectivity index (χ0) is 11.6. The lowest BCUT2D eigenvalue weighted by Crippen LogP contribution is -2.37. The highest BCUT2D eigenvalue weighted by atomic mass is 16.5. The Bertz CT molecular complexity index is 350. The fourth-order valence-corrected chi connectivity index (χ4v) is 2.52. The molecule has 1 aliphatic heterocycles. The lowest BCUT2D eigenvalue weighted by atomic mass is 9.77. The maximum absolute atomic E-state index is 5.93. The summed E-state index contributed by atoms with van der Waals surface area (Å²) in [5.74, 6) is 1.13. The molecule has 0 aliphatic carbocycles. The number of nitrogens with zero attached hydrogens (tertiary/aromatic N) is 2. The number of hydrogen-bond donors (Lipinski definition) is 1. The molecule has 0 amide bonds. The molecule has 4 heteroatoms. The van der Waals surface area contributed by atoms with Crippen LogP contribution in [0.5, 0.6) is 0 Å². The molecule has 1 aromatic rings. The molecule has 0 aromatic carbocycles. The van der Waals surface area contributed by atoms with Gasteiger partial charge in [0.2, 0.25) is 0 Å². The van der Waals surface area contributed by atoms with E-state index in [1.165, 1.54) is 0 Å². The SMILES string of the molecule is CC1OCCC1(CN)CCc1nccn1C. The number of hydrogen-bond acceptors (Lipinski definition) is 3. The minimum Gasteiger partial charge on any atom is -0.378 e. The first-order chi connectivity index (χ1) is 7.68. The van der Waals surface area contributed by atoms with Gasteiger partial charge in [-0.05, 0) is 19.8 Å². The first-order valence-corrected chi connectivity index (χ1v) is 5.96. The second-order valence-electron chi connectivity index (χ2n) is 4.78. The Labute approximate surface area is 96.8 Å². The predicted octanol–water partition coefficient (Wildman–Crippen LogP) is 1.11. The van der Waals surface area contributed by atoms with Crippen molar-refractivity contribution in [2.45, 2.75) is 32.3 Å². The molecule has 16 heavy (non-hydrogen) atoms. The molecule has 0 spiro atoms. The number of rotatable bonds is 4. The Hall–Kier alpha value is -0.870. The van der Waals surface area contributed by atoms with Crippen LogP contribution in [-0.2, 0) is 18.2 Å². The molecule has 2 rings (SSSR count). The van der Waals surface area contributed by atoms with Crippen molar-refractivity contribution in [1.29, 1.82) is 0 Å². The lowest BCUT2D eigenvalue weighted by molar-refractivity contribution is 0.0628. The molecular formula is C12H21N3O. The summed E-state index contributed by atoms with van der Waals surface area (Å²) in [6.45, 7) is 3.69. The smallest absolute Gasteiger partial charge is 0.108 e. The van der Waals surface area contributed by atoms with E-state index in [0.29, 0.717) is 6.54 Å². The molecule has 2 atom stereocenters. The van der Waals surface area contributed by atoms with E-state index in [2.05, 4.69) is 16.5 Å². The normalized spacial score (nSPS) is 29.8. The van der Waals surface area contributed by atoms with Crippen molar-refractivity contribution in [2.75, 3.05) is 13.2 Å². The fraction of sp³-hybridized carbons (Fsp3) is 0.750. The van der Waals surface area contributed by atoms with Gasteiger partial charge in [-0.25, -0.2) is 4.98 Å². The van der Waals surface area contributed by atoms with Gasteiger partial charge in [0.1, 0.15) is 5.82 Å². The molecular weight excluding hydrogens is 202 g/mol. The van der Waals surface area contributed by atoms with Crippen molar-refractivity contribution < 1.29 is 4.74 Å². The van der Waals surface area contributed by atoms with Gasteiger partial charge in [-0.1, -0.05) is 0 Å². The predicted molar refractivity (Wildman–Crippen MR) is 63.0 cm³/mol. The van der Waals surface area contributed by atoms with E-state index in [9.17, 15) is 0 Å². The quantitative estimate of drug-likeness (QED) is 0.832.